The topological polar surface area (TPSA) is 66.5 Å². The number of aliphatic hydroxyl groups excluding tert-OH is 1. The summed E-state index contributed by atoms with van der Waals surface area (Å²) in [4.78, 5) is 0. The number of hydrogen-bond donors (Lipinski definition) is 3. The molecule has 1 aromatic rings. The van der Waals surface area contributed by atoms with E-state index in [-0.39, 0.29) is 11.8 Å². The van der Waals surface area contributed by atoms with Crippen LogP contribution in [0.4, 0.5) is 0 Å². The second-order valence-corrected chi connectivity index (χ2v) is 3.31. The Labute approximate surface area is 77.8 Å². The van der Waals surface area contributed by atoms with Crippen molar-refractivity contribution in [3.8, 4) is 5.75 Å². The number of phenols is 1. The van der Waals surface area contributed by atoms with E-state index in [0.29, 0.717) is 0 Å². The highest BCUT2D eigenvalue weighted by atomic mass is 16.3. The third-order valence-electron chi connectivity index (χ3n) is 2.13. The molecule has 0 unspecified atom stereocenters. The number of phenolic OH excluding ortho intramolecular Hbond substituents is 1. The van der Waals surface area contributed by atoms with Gasteiger partial charge in [0.2, 0.25) is 0 Å². The highest BCUT2D eigenvalue weighted by Crippen LogP contribution is 2.21. The Hall–Kier alpha value is -1.06. The zero-order valence-corrected chi connectivity index (χ0v) is 7.86. The van der Waals surface area contributed by atoms with E-state index in [1.54, 1.807) is 32.0 Å². The maximum atomic E-state index is 9.26. The molecule has 3 heteroatoms. The SMILES string of the molecule is Cc1cc([C@H](N)[C@@H](C)O)ccc1O. The molecule has 0 amide bonds. The van der Waals surface area contributed by atoms with Crippen LogP contribution in [0.1, 0.15) is 24.1 Å². The van der Waals surface area contributed by atoms with Gasteiger partial charge in [0.25, 0.3) is 0 Å². The van der Waals surface area contributed by atoms with Crippen LogP contribution in [0.5, 0.6) is 5.75 Å². The molecule has 0 heterocycles. The number of aryl methyl sites for hydroxylation is 1. The summed E-state index contributed by atoms with van der Waals surface area (Å²) in [6, 6.07) is 4.71. The van der Waals surface area contributed by atoms with E-state index in [2.05, 4.69) is 0 Å². The summed E-state index contributed by atoms with van der Waals surface area (Å²) in [7, 11) is 0. The Morgan fingerprint density at radius 2 is 2.00 bits per heavy atom. The lowest BCUT2D eigenvalue weighted by Gasteiger charge is -2.15. The molecule has 0 saturated carbocycles. The average molecular weight is 181 g/mol. The van der Waals surface area contributed by atoms with Crippen molar-refractivity contribution in [1.29, 1.82) is 0 Å². The van der Waals surface area contributed by atoms with Crippen molar-refractivity contribution in [2.75, 3.05) is 0 Å². The molecule has 0 spiro atoms. The molecule has 0 aromatic heterocycles. The van der Waals surface area contributed by atoms with Crippen LogP contribution in [0.2, 0.25) is 0 Å². The van der Waals surface area contributed by atoms with Crippen molar-refractivity contribution >= 4 is 0 Å². The molecule has 0 aliphatic rings. The van der Waals surface area contributed by atoms with Crippen LogP contribution < -0.4 is 5.73 Å². The van der Waals surface area contributed by atoms with Gasteiger partial charge in [0.15, 0.2) is 0 Å². The van der Waals surface area contributed by atoms with Crippen molar-refractivity contribution in [1.82, 2.24) is 0 Å². The summed E-state index contributed by atoms with van der Waals surface area (Å²) in [6.07, 6.45) is -0.580. The van der Waals surface area contributed by atoms with Gasteiger partial charge in [-0.05, 0) is 31.0 Å². The minimum atomic E-state index is -0.580. The van der Waals surface area contributed by atoms with Crippen molar-refractivity contribution in [2.45, 2.75) is 26.0 Å². The molecule has 0 radical (unpaired) electrons. The Morgan fingerprint density at radius 3 is 2.46 bits per heavy atom. The van der Waals surface area contributed by atoms with Crippen molar-refractivity contribution < 1.29 is 10.2 Å². The van der Waals surface area contributed by atoms with E-state index in [1.165, 1.54) is 0 Å². The lowest BCUT2D eigenvalue weighted by Crippen LogP contribution is -2.23. The van der Waals surface area contributed by atoms with Crippen molar-refractivity contribution in [2.24, 2.45) is 5.73 Å². The third-order valence-corrected chi connectivity index (χ3v) is 2.13. The first kappa shape index (κ1) is 10.0. The molecule has 3 nitrogen and oxygen atoms in total. The molecule has 1 rings (SSSR count). The van der Waals surface area contributed by atoms with E-state index in [0.717, 1.165) is 11.1 Å². The zero-order chi connectivity index (χ0) is 10.0. The Kier molecular flexibility index (Phi) is 2.90. The second-order valence-electron chi connectivity index (χ2n) is 3.31. The van der Waals surface area contributed by atoms with Gasteiger partial charge in [0.1, 0.15) is 5.75 Å². The number of benzene rings is 1. The molecule has 72 valence electrons. The molecule has 4 N–H and O–H groups in total. The average Bonchev–Trinajstić information content (AvgIpc) is 2.08. The van der Waals surface area contributed by atoms with Gasteiger partial charge in [0, 0.05) is 0 Å². The third kappa shape index (κ3) is 2.20. The lowest BCUT2D eigenvalue weighted by molar-refractivity contribution is 0.164. The van der Waals surface area contributed by atoms with E-state index in [1.807, 2.05) is 0 Å². The number of aromatic hydroxyl groups is 1. The van der Waals surface area contributed by atoms with Crippen molar-refractivity contribution in [3.05, 3.63) is 29.3 Å². The molecule has 0 fully saturated rings. The molecule has 0 saturated heterocycles. The molecule has 0 bridgehead atoms. The van der Waals surface area contributed by atoms with Gasteiger partial charge in [-0.3, -0.25) is 0 Å². The second kappa shape index (κ2) is 3.77. The summed E-state index contributed by atoms with van der Waals surface area (Å²) in [5.74, 6) is 0.251. The quantitative estimate of drug-likeness (QED) is 0.639. The van der Waals surface area contributed by atoms with Crippen LogP contribution in [0.15, 0.2) is 18.2 Å². The zero-order valence-electron chi connectivity index (χ0n) is 7.86. The van der Waals surface area contributed by atoms with Gasteiger partial charge < -0.3 is 15.9 Å². The van der Waals surface area contributed by atoms with Crippen LogP contribution in [0, 0.1) is 6.92 Å². The van der Waals surface area contributed by atoms with Crippen molar-refractivity contribution in [3.63, 3.8) is 0 Å². The van der Waals surface area contributed by atoms with Crippen LogP contribution in [-0.2, 0) is 0 Å². The van der Waals surface area contributed by atoms with Gasteiger partial charge in [-0.15, -0.1) is 0 Å². The van der Waals surface area contributed by atoms with Crippen LogP contribution in [-0.4, -0.2) is 16.3 Å². The summed E-state index contributed by atoms with van der Waals surface area (Å²) in [5, 5.41) is 18.5. The fourth-order valence-electron chi connectivity index (χ4n) is 1.16. The first-order valence-corrected chi connectivity index (χ1v) is 4.25. The molecule has 13 heavy (non-hydrogen) atoms. The minimum absolute atomic E-state index is 0.251. The van der Waals surface area contributed by atoms with Gasteiger partial charge in [-0.25, -0.2) is 0 Å². The Balaban J connectivity index is 2.97. The molecular formula is C10H15NO2. The van der Waals surface area contributed by atoms with Gasteiger partial charge in [-0.2, -0.15) is 0 Å². The summed E-state index contributed by atoms with van der Waals surface area (Å²) in [6.45, 7) is 3.44. The van der Waals surface area contributed by atoms with Gasteiger partial charge in [0.05, 0.1) is 12.1 Å². The normalized spacial score (nSPS) is 15.4. The largest absolute Gasteiger partial charge is 0.508 e. The Bertz CT molecular complexity index is 297. The van der Waals surface area contributed by atoms with Crippen LogP contribution in [0.25, 0.3) is 0 Å². The number of nitrogens with two attached hydrogens (primary N) is 1. The number of hydrogen-bond acceptors (Lipinski definition) is 3. The predicted molar refractivity (Wildman–Crippen MR) is 51.5 cm³/mol. The first-order valence-electron chi connectivity index (χ1n) is 4.25. The van der Waals surface area contributed by atoms with E-state index >= 15 is 0 Å². The maximum absolute atomic E-state index is 9.26. The minimum Gasteiger partial charge on any atom is -0.508 e. The number of aliphatic hydroxyl groups is 1. The van der Waals surface area contributed by atoms with Gasteiger partial charge in [-0.1, -0.05) is 12.1 Å². The standard InChI is InChI=1S/C10H15NO2/c1-6-5-8(3-4-9(6)13)10(11)7(2)12/h3-5,7,10,12-13H,11H2,1-2H3/t7-,10-/m1/s1. The van der Waals surface area contributed by atoms with Crippen LogP contribution >= 0.6 is 0 Å². The van der Waals surface area contributed by atoms with Gasteiger partial charge >= 0.3 is 0 Å². The van der Waals surface area contributed by atoms with E-state index in [4.69, 9.17) is 5.73 Å². The molecule has 2 atom stereocenters. The summed E-state index contributed by atoms with van der Waals surface area (Å²) in [5.41, 5.74) is 7.34. The fourth-order valence-corrected chi connectivity index (χ4v) is 1.16. The highest BCUT2D eigenvalue weighted by molar-refractivity contribution is 5.36. The molecule has 1 aromatic carbocycles. The molecular weight excluding hydrogens is 166 g/mol. The fraction of sp³-hybridized carbons (Fsp3) is 0.400. The monoisotopic (exact) mass is 181 g/mol. The van der Waals surface area contributed by atoms with Crippen LogP contribution in [0.3, 0.4) is 0 Å². The smallest absolute Gasteiger partial charge is 0.118 e. The lowest BCUT2D eigenvalue weighted by atomic mass is 10.0. The Morgan fingerprint density at radius 1 is 1.38 bits per heavy atom. The highest BCUT2D eigenvalue weighted by Gasteiger charge is 2.12. The summed E-state index contributed by atoms with van der Waals surface area (Å²) < 4.78 is 0. The maximum Gasteiger partial charge on any atom is 0.118 e. The predicted octanol–water partition coefficient (Wildman–Crippen LogP) is 1.08. The first-order chi connectivity index (χ1) is 6.02. The van der Waals surface area contributed by atoms with E-state index < -0.39 is 6.10 Å². The summed E-state index contributed by atoms with van der Waals surface area (Å²) >= 11 is 0. The molecule has 0 aliphatic carbocycles. The molecule has 0 aliphatic heterocycles. The van der Waals surface area contributed by atoms with E-state index in [9.17, 15) is 10.2 Å². The number of rotatable bonds is 2.